The van der Waals surface area contributed by atoms with Gasteiger partial charge in [-0.15, -0.1) is 0 Å². The fourth-order valence-corrected chi connectivity index (χ4v) is 4.70. The molecule has 1 amide bonds. The van der Waals surface area contributed by atoms with Crippen molar-refractivity contribution in [2.75, 3.05) is 11.4 Å². The first kappa shape index (κ1) is 22.6. The number of anilines is 1. The molecule has 3 aromatic rings. The van der Waals surface area contributed by atoms with Crippen molar-refractivity contribution in [3.8, 4) is 5.75 Å². The summed E-state index contributed by atoms with van der Waals surface area (Å²) in [4.78, 5) is 13.6. The van der Waals surface area contributed by atoms with Crippen molar-refractivity contribution in [3.05, 3.63) is 89.5 Å². The summed E-state index contributed by atoms with van der Waals surface area (Å²) in [5, 5.41) is 0. The lowest BCUT2D eigenvalue weighted by atomic mass is 10.1. The molecular weight excluding hydrogens is 410 g/mol. The van der Waals surface area contributed by atoms with Crippen molar-refractivity contribution in [2.24, 2.45) is 0 Å². The monoisotopic (exact) mass is 437 g/mol. The molecule has 0 aromatic heterocycles. The van der Waals surface area contributed by atoms with Crippen molar-refractivity contribution >= 4 is 21.6 Å². The second kappa shape index (κ2) is 9.79. The molecule has 3 rings (SSSR count). The number of amides is 1. The van der Waals surface area contributed by atoms with E-state index in [1.807, 2.05) is 19.1 Å². The summed E-state index contributed by atoms with van der Waals surface area (Å²) in [5.74, 6) is -0.351. The van der Waals surface area contributed by atoms with Gasteiger partial charge < -0.3 is 4.74 Å². The molecule has 5 nitrogen and oxygen atoms in total. The van der Waals surface area contributed by atoms with E-state index in [4.69, 9.17) is 4.74 Å². The van der Waals surface area contributed by atoms with E-state index in [2.05, 4.69) is 6.92 Å². The Kier molecular flexibility index (Phi) is 7.13. The molecule has 0 aliphatic rings. The standard InChI is InChI=1S/C25H27NO4S/c1-4-5-8-20-13-15-21(16-14-20)26(25(27)23-9-6-7-10-24(23)30-3)31(28,29)22-17-11-19(2)12-18-22/h6-7,9-18H,4-5,8H2,1-3H3. The van der Waals surface area contributed by atoms with Crippen LogP contribution in [0.1, 0.15) is 41.3 Å². The molecule has 0 heterocycles. The molecule has 0 saturated heterocycles. The third-order valence-corrected chi connectivity index (χ3v) is 6.80. The average Bonchev–Trinajstić information content (AvgIpc) is 2.78. The van der Waals surface area contributed by atoms with Gasteiger partial charge in [-0.3, -0.25) is 4.79 Å². The quantitative estimate of drug-likeness (QED) is 0.474. The van der Waals surface area contributed by atoms with E-state index in [1.54, 1.807) is 48.5 Å². The first-order valence-electron chi connectivity index (χ1n) is 10.3. The molecule has 0 spiro atoms. The van der Waals surface area contributed by atoms with Gasteiger partial charge in [-0.1, -0.05) is 55.3 Å². The molecular formula is C25H27NO4S. The van der Waals surface area contributed by atoms with E-state index < -0.39 is 15.9 Å². The van der Waals surface area contributed by atoms with Crippen LogP contribution in [-0.4, -0.2) is 21.4 Å². The first-order chi connectivity index (χ1) is 14.9. The number of carbonyl (C=O) groups is 1. The molecule has 0 aliphatic carbocycles. The highest BCUT2D eigenvalue weighted by Gasteiger charge is 2.33. The third kappa shape index (κ3) is 4.97. The maximum Gasteiger partial charge on any atom is 0.276 e. The molecule has 0 N–H and O–H groups in total. The number of sulfonamides is 1. The number of carbonyl (C=O) groups excluding carboxylic acids is 1. The van der Waals surface area contributed by atoms with Crippen molar-refractivity contribution in [3.63, 3.8) is 0 Å². The molecule has 0 aliphatic heterocycles. The van der Waals surface area contributed by atoms with Crippen molar-refractivity contribution in [2.45, 2.75) is 38.0 Å². The van der Waals surface area contributed by atoms with Gasteiger partial charge >= 0.3 is 0 Å². The average molecular weight is 438 g/mol. The lowest BCUT2D eigenvalue weighted by molar-refractivity contribution is 0.100. The number of rotatable bonds is 8. The Bertz CT molecular complexity index is 1140. The Morgan fingerprint density at radius 3 is 2.19 bits per heavy atom. The minimum Gasteiger partial charge on any atom is -0.496 e. The number of hydrogen-bond donors (Lipinski definition) is 0. The SMILES string of the molecule is CCCCc1ccc(N(C(=O)c2ccccc2OC)S(=O)(=O)c2ccc(C)cc2)cc1. The van der Waals surface area contributed by atoms with Gasteiger partial charge in [0.25, 0.3) is 15.9 Å². The Balaban J connectivity index is 2.11. The smallest absolute Gasteiger partial charge is 0.276 e. The molecule has 0 fully saturated rings. The van der Waals surface area contributed by atoms with Crippen LogP contribution in [0.5, 0.6) is 5.75 Å². The van der Waals surface area contributed by atoms with Gasteiger partial charge in [-0.2, -0.15) is 4.31 Å². The predicted octanol–water partition coefficient (Wildman–Crippen LogP) is 5.38. The molecule has 6 heteroatoms. The van der Waals surface area contributed by atoms with Gasteiger partial charge in [0.1, 0.15) is 5.75 Å². The van der Waals surface area contributed by atoms with Crippen molar-refractivity contribution in [1.82, 2.24) is 0 Å². The fourth-order valence-electron chi connectivity index (χ4n) is 3.29. The van der Waals surface area contributed by atoms with E-state index in [9.17, 15) is 13.2 Å². The summed E-state index contributed by atoms with van der Waals surface area (Å²) >= 11 is 0. The Morgan fingerprint density at radius 2 is 1.58 bits per heavy atom. The molecule has 31 heavy (non-hydrogen) atoms. The minimum atomic E-state index is -4.14. The topological polar surface area (TPSA) is 63.7 Å². The number of ether oxygens (including phenoxy) is 1. The van der Waals surface area contributed by atoms with E-state index in [-0.39, 0.29) is 16.1 Å². The number of hydrogen-bond acceptors (Lipinski definition) is 4. The number of nitrogens with zero attached hydrogens (tertiary/aromatic N) is 1. The van der Waals surface area contributed by atoms with Gasteiger partial charge in [-0.25, -0.2) is 8.42 Å². The predicted molar refractivity (Wildman–Crippen MR) is 123 cm³/mol. The Hall–Kier alpha value is -3.12. The number of para-hydroxylation sites is 1. The number of aryl methyl sites for hydroxylation is 2. The van der Waals surface area contributed by atoms with E-state index in [0.717, 1.165) is 34.7 Å². The summed E-state index contributed by atoms with van der Waals surface area (Å²) in [6.07, 6.45) is 3.02. The van der Waals surface area contributed by atoms with Crippen LogP contribution in [0.15, 0.2) is 77.7 Å². The van der Waals surface area contributed by atoms with E-state index in [0.29, 0.717) is 5.75 Å². The third-order valence-electron chi connectivity index (χ3n) is 5.07. The maximum absolute atomic E-state index is 13.6. The van der Waals surface area contributed by atoms with Crippen LogP contribution in [0.2, 0.25) is 0 Å². The van der Waals surface area contributed by atoms with Crippen molar-refractivity contribution < 1.29 is 17.9 Å². The zero-order valence-corrected chi connectivity index (χ0v) is 18.9. The number of unbranched alkanes of at least 4 members (excludes halogenated alkanes) is 1. The fraction of sp³-hybridized carbons (Fsp3) is 0.240. The highest BCUT2D eigenvalue weighted by Crippen LogP contribution is 2.29. The van der Waals surface area contributed by atoms with Gasteiger partial charge in [-0.05, 0) is 61.7 Å². The van der Waals surface area contributed by atoms with Gasteiger partial charge in [0.2, 0.25) is 0 Å². The molecule has 162 valence electrons. The van der Waals surface area contributed by atoms with Crippen LogP contribution in [0.25, 0.3) is 0 Å². The van der Waals surface area contributed by atoms with Crippen LogP contribution in [0.3, 0.4) is 0 Å². The Labute approximate surface area is 184 Å². The van der Waals surface area contributed by atoms with Crippen LogP contribution < -0.4 is 9.04 Å². The molecule has 0 atom stereocenters. The van der Waals surface area contributed by atoms with Crippen molar-refractivity contribution in [1.29, 1.82) is 0 Å². The van der Waals surface area contributed by atoms with Crippen LogP contribution in [-0.2, 0) is 16.4 Å². The molecule has 0 saturated carbocycles. The Morgan fingerprint density at radius 1 is 0.935 bits per heavy atom. The number of methoxy groups -OCH3 is 1. The lowest BCUT2D eigenvalue weighted by Crippen LogP contribution is -2.37. The summed E-state index contributed by atoms with van der Waals surface area (Å²) < 4.78 is 33.3. The van der Waals surface area contributed by atoms with Gasteiger partial charge in [0, 0.05) is 0 Å². The number of benzene rings is 3. The molecule has 3 aromatic carbocycles. The molecule has 0 unspecified atom stereocenters. The van der Waals surface area contributed by atoms with Crippen LogP contribution in [0.4, 0.5) is 5.69 Å². The van der Waals surface area contributed by atoms with Crippen LogP contribution >= 0.6 is 0 Å². The summed E-state index contributed by atoms with van der Waals surface area (Å²) in [6, 6.07) is 20.2. The second-order valence-electron chi connectivity index (χ2n) is 7.36. The van der Waals surface area contributed by atoms with Gasteiger partial charge in [0.15, 0.2) is 0 Å². The second-order valence-corrected chi connectivity index (χ2v) is 9.14. The van der Waals surface area contributed by atoms with E-state index >= 15 is 0 Å². The largest absolute Gasteiger partial charge is 0.496 e. The minimum absolute atomic E-state index is 0.0522. The zero-order valence-electron chi connectivity index (χ0n) is 18.0. The summed E-state index contributed by atoms with van der Waals surface area (Å²) in [5.41, 5.74) is 2.50. The molecule has 0 bridgehead atoms. The lowest BCUT2D eigenvalue weighted by Gasteiger charge is -2.24. The normalized spacial score (nSPS) is 11.2. The van der Waals surface area contributed by atoms with Crippen LogP contribution in [0, 0.1) is 6.92 Å². The zero-order chi connectivity index (χ0) is 22.4. The maximum atomic E-state index is 13.6. The highest BCUT2D eigenvalue weighted by atomic mass is 32.2. The summed E-state index contributed by atoms with van der Waals surface area (Å²) in [6.45, 7) is 4.00. The van der Waals surface area contributed by atoms with E-state index in [1.165, 1.54) is 19.2 Å². The highest BCUT2D eigenvalue weighted by molar-refractivity contribution is 7.93. The summed E-state index contributed by atoms with van der Waals surface area (Å²) in [7, 11) is -2.69. The first-order valence-corrected chi connectivity index (χ1v) is 11.7. The molecule has 0 radical (unpaired) electrons. The van der Waals surface area contributed by atoms with Gasteiger partial charge in [0.05, 0.1) is 23.3 Å².